The van der Waals surface area contributed by atoms with Crippen LogP contribution in [0.5, 0.6) is 0 Å². The van der Waals surface area contributed by atoms with Gasteiger partial charge in [0.2, 0.25) is 0 Å². The van der Waals surface area contributed by atoms with Gasteiger partial charge in [0.05, 0.1) is 0 Å². The van der Waals surface area contributed by atoms with Crippen LogP contribution in [0.2, 0.25) is 0 Å². The third-order valence-electron chi connectivity index (χ3n) is 4.95. The van der Waals surface area contributed by atoms with Crippen LogP contribution in [-0.2, 0) is 11.3 Å². The average molecular weight is 518 g/mol. The summed E-state index contributed by atoms with van der Waals surface area (Å²) in [5.41, 5.74) is 1.41. The Labute approximate surface area is 194 Å². The number of benzene rings is 1. The molecule has 0 radical (unpaired) electrons. The van der Waals surface area contributed by atoms with Crippen molar-refractivity contribution in [3.63, 3.8) is 0 Å². The van der Waals surface area contributed by atoms with Crippen LogP contribution in [0.3, 0.4) is 0 Å². The summed E-state index contributed by atoms with van der Waals surface area (Å²) in [6.07, 6.45) is 2.14. The molecule has 0 aromatic heterocycles. The number of halogens is 1. The van der Waals surface area contributed by atoms with Gasteiger partial charge in [-0.1, -0.05) is 30.3 Å². The van der Waals surface area contributed by atoms with Crippen molar-refractivity contribution in [3.8, 4) is 0 Å². The first-order chi connectivity index (χ1) is 13.8. The van der Waals surface area contributed by atoms with Gasteiger partial charge in [-0.05, 0) is 32.3 Å². The molecule has 0 aliphatic carbocycles. The number of guanidine groups is 1. The molecule has 2 rings (SSSR count). The molecule has 1 aromatic carbocycles. The maximum absolute atomic E-state index is 5.37. The van der Waals surface area contributed by atoms with E-state index in [1.54, 1.807) is 0 Å². The van der Waals surface area contributed by atoms with E-state index in [-0.39, 0.29) is 24.0 Å². The highest BCUT2D eigenvalue weighted by molar-refractivity contribution is 14.0. The second-order valence-corrected chi connectivity index (χ2v) is 7.19. The van der Waals surface area contributed by atoms with Gasteiger partial charge < -0.3 is 15.4 Å². The lowest BCUT2D eigenvalue weighted by Crippen LogP contribution is -2.49. The lowest BCUT2D eigenvalue weighted by molar-refractivity contribution is 0.129. The van der Waals surface area contributed by atoms with Gasteiger partial charge in [0.25, 0.3) is 0 Å². The minimum atomic E-state index is 0. The first kappa shape index (κ1) is 26.1. The van der Waals surface area contributed by atoms with E-state index in [9.17, 15) is 0 Å². The smallest absolute Gasteiger partial charge is 0.191 e. The molecule has 1 saturated heterocycles. The summed E-state index contributed by atoms with van der Waals surface area (Å²) in [5.74, 6) is 0.932. The van der Waals surface area contributed by atoms with E-state index in [0.29, 0.717) is 0 Å². The number of rotatable bonds is 12. The molecule has 2 N–H and O–H groups in total. The molecule has 1 aromatic rings. The standard InChI is InChI=1S/C22H39N5O.HI/c1-3-23-22(24-12-8-9-19-28-4-2)25-13-14-26-15-17-27(18-16-26)20-21-10-6-5-7-11-21;/h5-7,10-11H,3-4,8-9,12-20H2,1-2H3,(H2,23,24,25);1H. The van der Waals surface area contributed by atoms with Crippen LogP contribution in [0, 0.1) is 0 Å². The first-order valence-corrected chi connectivity index (χ1v) is 10.9. The van der Waals surface area contributed by atoms with E-state index < -0.39 is 0 Å². The molecule has 0 amide bonds. The Hall–Kier alpha value is -0.900. The van der Waals surface area contributed by atoms with Crippen molar-refractivity contribution in [1.29, 1.82) is 0 Å². The molecule has 166 valence electrons. The molecule has 6 nitrogen and oxygen atoms in total. The lowest BCUT2D eigenvalue weighted by atomic mass is 10.2. The fourth-order valence-electron chi connectivity index (χ4n) is 3.34. The van der Waals surface area contributed by atoms with E-state index >= 15 is 0 Å². The van der Waals surface area contributed by atoms with Crippen molar-refractivity contribution in [2.45, 2.75) is 33.2 Å². The molecule has 1 heterocycles. The van der Waals surface area contributed by atoms with Crippen LogP contribution in [0.4, 0.5) is 0 Å². The Bertz CT molecular complexity index is 535. The normalized spacial score (nSPS) is 15.7. The molecule has 1 aliphatic rings. The van der Waals surface area contributed by atoms with Gasteiger partial charge in [-0.2, -0.15) is 0 Å². The van der Waals surface area contributed by atoms with Crippen molar-refractivity contribution in [3.05, 3.63) is 35.9 Å². The SMILES string of the molecule is CCNC(=NCCCCOCC)NCCN1CCN(Cc2ccccc2)CC1.I. The molecule has 7 heteroatoms. The van der Waals surface area contributed by atoms with Gasteiger partial charge in [0, 0.05) is 72.1 Å². The Morgan fingerprint density at radius 3 is 2.41 bits per heavy atom. The number of unbranched alkanes of at least 4 members (excludes halogenated alkanes) is 1. The molecular formula is C22H40IN5O. The molecule has 0 unspecified atom stereocenters. The largest absolute Gasteiger partial charge is 0.382 e. The number of nitrogens with one attached hydrogen (secondary N) is 2. The van der Waals surface area contributed by atoms with E-state index in [0.717, 1.165) is 90.9 Å². The highest BCUT2D eigenvalue weighted by Gasteiger charge is 2.16. The van der Waals surface area contributed by atoms with Gasteiger partial charge in [0.1, 0.15) is 0 Å². The first-order valence-electron chi connectivity index (χ1n) is 10.9. The topological polar surface area (TPSA) is 52.1 Å². The van der Waals surface area contributed by atoms with Crippen LogP contribution >= 0.6 is 24.0 Å². The number of nitrogens with zero attached hydrogens (tertiary/aromatic N) is 3. The zero-order chi connectivity index (χ0) is 19.9. The zero-order valence-corrected chi connectivity index (χ0v) is 20.6. The predicted octanol–water partition coefficient (Wildman–Crippen LogP) is 2.79. The van der Waals surface area contributed by atoms with Crippen LogP contribution < -0.4 is 10.6 Å². The second-order valence-electron chi connectivity index (χ2n) is 7.19. The van der Waals surface area contributed by atoms with E-state index in [4.69, 9.17) is 4.74 Å². The summed E-state index contributed by atoms with van der Waals surface area (Å²) in [4.78, 5) is 9.76. The Kier molecular flexibility index (Phi) is 15.2. The summed E-state index contributed by atoms with van der Waals surface area (Å²) in [6.45, 7) is 15.1. The molecule has 0 atom stereocenters. The van der Waals surface area contributed by atoms with Gasteiger partial charge >= 0.3 is 0 Å². The monoisotopic (exact) mass is 517 g/mol. The number of hydrogen-bond acceptors (Lipinski definition) is 4. The maximum atomic E-state index is 5.37. The fraction of sp³-hybridized carbons (Fsp3) is 0.682. The number of ether oxygens (including phenoxy) is 1. The number of aliphatic imine (C=N–C) groups is 1. The number of hydrogen-bond donors (Lipinski definition) is 2. The number of piperazine rings is 1. The second kappa shape index (κ2) is 16.8. The molecular weight excluding hydrogens is 477 g/mol. The van der Waals surface area contributed by atoms with Crippen molar-refractivity contribution >= 4 is 29.9 Å². The van der Waals surface area contributed by atoms with Crippen LogP contribution in [0.1, 0.15) is 32.3 Å². The fourth-order valence-corrected chi connectivity index (χ4v) is 3.34. The molecule has 29 heavy (non-hydrogen) atoms. The molecule has 0 saturated carbocycles. The lowest BCUT2D eigenvalue weighted by Gasteiger charge is -2.34. The van der Waals surface area contributed by atoms with Crippen molar-refractivity contribution in [2.24, 2.45) is 4.99 Å². The molecule has 0 spiro atoms. The zero-order valence-electron chi connectivity index (χ0n) is 18.2. The highest BCUT2D eigenvalue weighted by atomic mass is 127. The van der Waals surface area contributed by atoms with E-state index in [1.165, 1.54) is 5.56 Å². The summed E-state index contributed by atoms with van der Waals surface area (Å²) < 4.78 is 5.37. The minimum absolute atomic E-state index is 0. The predicted molar refractivity (Wildman–Crippen MR) is 133 cm³/mol. The van der Waals surface area contributed by atoms with E-state index in [2.05, 4.69) is 62.7 Å². The minimum Gasteiger partial charge on any atom is -0.382 e. The summed E-state index contributed by atoms with van der Waals surface area (Å²) >= 11 is 0. The van der Waals surface area contributed by atoms with Gasteiger partial charge in [-0.15, -0.1) is 24.0 Å². The van der Waals surface area contributed by atoms with Crippen LogP contribution in [0.25, 0.3) is 0 Å². The molecule has 0 bridgehead atoms. The quantitative estimate of drug-likeness (QED) is 0.193. The van der Waals surface area contributed by atoms with Gasteiger partial charge in [0.15, 0.2) is 5.96 Å². The Balaban J connectivity index is 0.00000420. The summed E-state index contributed by atoms with van der Waals surface area (Å²) in [5, 5.41) is 6.81. The third-order valence-corrected chi connectivity index (χ3v) is 4.95. The molecule has 1 aliphatic heterocycles. The van der Waals surface area contributed by atoms with Crippen molar-refractivity contribution < 1.29 is 4.74 Å². The molecule has 1 fully saturated rings. The average Bonchev–Trinajstić information content (AvgIpc) is 2.72. The van der Waals surface area contributed by atoms with Gasteiger partial charge in [-0.3, -0.25) is 14.8 Å². The van der Waals surface area contributed by atoms with E-state index in [1.807, 2.05) is 6.92 Å². The summed E-state index contributed by atoms with van der Waals surface area (Å²) in [7, 11) is 0. The van der Waals surface area contributed by atoms with Gasteiger partial charge in [-0.25, -0.2) is 0 Å². The maximum Gasteiger partial charge on any atom is 0.191 e. The summed E-state index contributed by atoms with van der Waals surface area (Å²) in [6, 6.07) is 10.8. The van der Waals surface area contributed by atoms with Crippen molar-refractivity contribution in [1.82, 2.24) is 20.4 Å². The Morgan fingerprint density at radius 1 is 1.00 bits per heavy atom. The van der Waals surface area contributed by atoms with Crippen LogP contribution in [0.15, 0.2) is 35.3 Å². The van der Waals surface area contributed by atoms with Crippen molar-refractivity contribution in [2.75, 3.05) is 65.6 Å². The Morgan fingerprint density at radius 2 is 1.72 bits per heavy atom. The highest BCUT2D eigenvalue weighted by Crippen LogP contribution is 2.07. The third kappa shape index (κ3) is 11.8. The van der Waals surface area contributed by atoms with Crippen LogP contribution in [-0.4, -0.2) is 81.3 Å².